The monoisotopic (exact) mass is 285 g/mol. The number of hydrogen-bond donors (Lipinski definition) is 1. The molecule has 19 heavy (non-hydrogen) atoms. The van der Waals surface area contributed by atoms with Gasteiger partial charge < -0.3 is 5.32 Å². The van der Waals surface area contributed by atoms with Gasteiger partial charge >= 0.3 is 0 Å². The number of hydrogen-bond acceptors (Lipinski definition) is 1. The van der Waals surface area contributed by atoms with Crippen molar-refractivity contribution in [1.29, 1.82) is 0 Å². The van der Waals surface area contributed by atoms with Crippen LogP contribution in [0.1, 0.15) is 39.7 Å². The van der Waals surface area contributed by atoms with Crippen LogP contribution < -0.4 is 5.32 Å². The van der Waals surface area contributed by atoms with Crippen LogP contribution >= 0.6 is 11.6 Å². The van der Waals surface area contributed by atoms with Gasteiger partial charge in [-0.05, 0) is 42.3 Å². The zero-order chi connectivity index (χ0) is 14.5. The average Bonchev–Trinajstić information content (AvgIpc) is 2.35. The van der Waals surface area contributed by atoms with E-state index in [1.165, 1.54) is 0 Å². The van der Waals surface area contributed by atoms with Crippen molar-refractivity contribution in [3.05, 3.63) is 34.6 Å². The molecule has 1 nitrogen and oxygen atoms in total. The first-order chi connectivity index (χ1) is 8.90. The molecule has 0 saturated heterocycles. The van der Waals surface area contributed by atoms with Crippen molar-refractivity contribution >= 4 is 11.6 Å². The van der Waals surface area contributed by atoms with Crippen LogP contribution in [0.25, 0.3) is 0 Å². The van der Waals surface area contributed by atoms with Gasteiger partial charge in [0.2, 0.25) is 0 Å². The summed E-state index contributed by atoms with van der Waals surface area (Å²) < 4.78 is 14.0. The Morgan fingerprint density at radius 3 is 2.63 bits per heavy atom. The molecule has 0 heterocycles. The summed E-state index contributed by atoms with van der Waals surface area (Å²) in [5, 5.41) is 3.67. The first-order valence-corrected chi connectivity index (χ1v) is 7.42. The molecule has 1 unspecified atom stereocenters. The average molecular weight is 286 g/mol. The van der Waals surface area contributed by atoms with Crippen LogP contribution in [0.5, 0.6) is 0 Å². The molecule has 0 aliphatic carbocycles. The van der Waals surface area contributed by atoms with Crippen LogP contribution in [0.4, 0.5) is 4.39 Å². The predicted molar refractivity (Wildman–Crippen MR) is 81.2 cm³/mol. The number of halogens is 2. The third-order valence-electron chi connectivity index (χ3n) is 3.98. The molecule has 0 radical (unpaired) electrons. The van der Waals surface area contributed by atoms with E-state index < -0.39 is 0 Å². The Balaban J connectivity index is 2.85. The van der Waals surface area contributed by atoms with Gasteiger partial charge in [-0.1, -0.05) is 51.4 Å². The summed E-state index contributed by atoms with van der Waals surface area (Å²) >= 11 is 5.86. The number of rotatable bonds is 7. The van der Waals surface area contributed by atoms with Gasteiger partial charge in [0.15, 0.2) is 0 Å². The molecule has 108 valence electrons. The van der Waals surface area contributed by atoms with Crippen LogP contribution in [-0.2, 0) is 6.42 Å². The Kier molecular flexibility index (Phi) is 6.28. The molecule has 0 spiro atoms. The third kappa shape index (κ3) is 4.47. The Labute approximate surface area is 121 Å². The molecule has 1 rings (SSSR count). The third-order valence-corrected chi connectivity index (χ3v) is 4.27. The molecule has 1 aromatic rings. The van der Waals surface area contributed by atoms with Crippen LogP contribution in [0.3, 0.4) is 0 Å². The van der Waals surface area contributed by atoms with Gasteiger partial charge in [-0.15, -0.1) is 0 Å². The molecule has 0 saturated carbocycles. The fourth-order valence-corrected chi connectivity index (χ4v) is 2.34. The predicted octanol–water partition coefficient (Wildman–Crippen LogP) is 4.68. The lowest BCUT2D eigenvalue weighted by Crippen LogP contribution is -2.38. The molecule has 3 heteroatoms. The van der Waals surface area contributed by atoms with Crippen molar-refractivity contribution in [2.45, 2.75) is 40.5 Å². The Morgan fingerprint density at radius 2 is 2.05 bits per heavy atom. The number of nitrogens with one attached hydrogen (secondary N) is 1. The molecular weight excluding hydrogens is 261 g/mol. The van der Waals surface area contributed by atoms with Crippen LogP contribution in [-0.4, -0.2) is 13.1 Å². The lowest BCUT2D eigenvalue weighted by atomic mass is 9.74. The van der Waals surface area contributed by atoms with Crippen molar-refractivity contribution in [1.82, 2.24) is 5.32 Å². The standard InChI is InChI=1S/C16H25ClFN/c1-5-9-19-11-16(4,12(2)3)10-13-7-6-8-14(17)15(13)18/h6-8,12,19H,5,9-11H2,1-4H3. The van der Waals surface area contributed by atoms with E-state index in [0.29, 0.717) is 17.9 Å². The smallest absolute Gasteiger partial charge is 0.144 e. The maximum atomic E-state index is 14.0. The summed E-state index contributed by atoms with van der Waals surface area (Å²) in [5.74, 6) is 0.196. The van der Waals surface area contributed by atoms with E-state index in [9.17, 15) is 4.39 Å². The fraction of sp³-hybridized carbons (Fsp3) is 0.625. The molecule has 1 N–H and O–H groups in total. The highest BCUT2D eigenvalue weighted by molar-refractivity contribution is 6.30. The highest BCUT2D eigenvalue weighted by Crippen LogP contribution is 2.32. The van der Waals surface area contributed by atoms with Gasteiger partial charge in [-0.3, -0.25) is 0 Å². The summed E-state index contributed by atoms with van der Waals surface area (Å²) in [6, 6.07) is 5.26. The minimum Gasteiger partial charge on any atom is -0.316 e. The Morgan fingerprint density at radius 1 is 1.37 bits per heavy atom. The minimum atomic E-state index is -0.272. The van der Waals surface area contributed by atoms with E-state index in [0.717, 1.165) is 19.5 Å². The summed E-state index contributed by atoms with van der Waals surface area (Å²) in [6.07, 6.45) is 1.81. The van der Waals surface area contributed by atoms with Gasteiger partial charge in [-0.2, -0.15) is 0 Å². The molecule has 0 aliphatic heterocycles. The molecule has 1 atom stereocenters. The molecule has 1 aromatic carbocycles. The summed E-state index contributed by atoms with van der Waals surface area (Å²) in [6.45, 7) is 10.6. The normalized spacial score (nSPS) is 14.7. The van der Waals surface area contributed by atoms with Crippen molar-refractivity contribution in [3.63, 3.8) is 0 Å². The maximum Gasteiger partial charge on any atom is 0.144 e. The first kappa shape index (κ1) is 16.5. The van der Waals surface area contributed by atoms with Gasteiger partial charge in [0, 0.05) is 6.54 Å². The maximum absolute atomic E-state index is 14.0. The van der Waals surface area contributed by atoms with Crippen molar-refractivity contribution in [2.75, 3.05) is 13.1 Å². The molecule has 0 bridgehead atoms. The second-order valence-electron chi connectivity index (χ2n) is 5.88. The van der Waals surface area contributed by atoms with E-state index in [4.69, 9.17) is 11.6 Å². The van der Waals surface area contributed by atoms with Crippen molar-refractivity contribution in [3.8, 4) is 0 Å². The zero-order valence-corrected chi connectivity index (χ0v) is 13.1. The Bertz CT molecular complexity index is 406. The summed E-state index contributed by atoms with van der Waals surface area (Å²) in [5.41, 5.74) is 0.739. The quantitative estimate of drug-likeness (QED) is 0.717. The zero-order valence-electron chi connectivity index (χ0n) is 12.4. The van der Waals surface area contributed by atoms with Crippen molar-refractivity contribution < 1.29 is 4.39 Å². The summed E-state index contributed by atoms with van der Waals surface area (Å²) in [4.78, 5) is 0. The van der Waals surface area contributed by atoms with E-state index in [2.05, 4.69) is 33.0 Å². The van der Waals surface area contributed by atoms with E-state index in [1.54, 1.807) is 6.07 Å². The molecular formula is C16H25ClFN. The molecule has 0 aromatic heterocycles. The second kappa shape index (κ2) is 7.25. The van der Waals surface area contributed by atoms with Crippen LogP contribution in [0.2, 0.25) is 5.02 Å². The molecule has 0 amide bonds. The topological polar surface area (TPSA) is 12.0 Å². The van der Waals surface area contributed by atoms with Gasteiger partial charge in [0.25, 0.3) is 0 Å². The first-order valence-electron chi connectivity index (χ1n) is 7.04. The Hall–Kier alpha value is -0.600. The highest BCUT2D eigenvalue weighted by Gasteiger charge is 2.29. The SMILES string of the molecule is CCCNCC(C)(Cc1cccc(Cl)c1F)C(C)C. The van der Waals surface area contributed by atoms with E-state index >= 15 is 0 Å². The van der Waals surface area contributed by atoms with E-state index in [-0.39, 0.29) is 16.3 Å². The van der Waals surface area contributed by atoms with Gasteiger partial charge in [0.1, 0.15) is 5.82 Å². The second-order valence-corrected chi connectivity index (χ2v) is 6.28. The lowest BCUT2D eigenvalue weighted by molar-refractivity contribution is 0.205. The summed E-state index contributed by atoms with van der Waals surface area (Å²) in [7, 11) is 0. The van der Waals surface area contributed by atoms with Crippen molar-refractivity contribution in [2.24, 2.45) is 11.3 Å². The fourth-order valence-electron chi connectivity index (χ4n) is 2.14. The largest absolute Gasteiger partial charge is 0.316 e. The van der Waals surface area contributed by atoms with Gasteiger partial charge in [-0.25, -0.2) is 4.39 Å². The van der Waals surface area contributed by atoms with E-state index in [1.807, 2.05) is 12.1 Å². The van der Waals surface area contributed by atoms with Crippen LogP contribution in [0, 0.1) is 17.2 Å². The van der Waals surface area contributed by atoms with Gasteiger partial charge in [0.05, 0.1) is 5.02 Å². The highest BCUT2D eigenvalue weighted by atomic mass is 35.5. The number of benzene rings is 1. The van der Waals surface area contributed by atoms with Crippen LogP contribution in [0.15, 0.2) is 18.2 Å². The minimum absolute atomic E-state index is 0.0285. The lowest BCUT2D eigenvalue weighted by Gasteiger charge is -2.34. The molecule has 0 fully saturated rings. The molecule has 0 aliphatic rings.